The summed E-state index contributed by atoms with van der Waals surface area (Å²) in [4.78, 5) is 12.3. The number of nitrogens with two attached hydrogens (primary N) is 1. The quantitative estimate of drug-likeness (QED) is 0.614. The van der Waals surface area contributed by atoms with Crippen LogP contribution >= 0.6 is 11.3 Å². The average molecular weight is 211 g/mol. The summed E-state index contributed by atoms with van der Waals surface area (Å²) >= 11 is 1.62. The van der Waals surface area contributed by atoms with Crippen molar-refractivity contribution in [3.05, 3.63) is 27.6 Å². The highest BCUT2D eigenvalue weighted by molar-refractivity contribution is 7.10. The van der Waals surface area contributed by atoms with Gasteiger partial charge in [0.25, 0.3) is 0 Å². The minimum absolute atomic E-state index is 0.143. The first kappa shape index (κ1) is 10.8. The van der Waals surface area contributed by atoms with Crippen LogP contribution in [0.25, 0.3) is 6.08 Å². The number of esters is 1. The van der Waals surface area contributed by atoms with Gasteiger partial charge in [-0.05, 0) is 36.9 Å². The molecule has 0 unspecified atom stereocenters. The van der Waals surface area contributed by atoms with Gasteiger partial charge >= 0.3 is 5.97 Å². The van der Waals surface area contributed by atoms with Gasteiger partial charge in [0.1, 0.15) is 5.70 Å². The van der Waals surface area contributed by atoms with Crippen LogP contribution in [0.2, 0.25) is 0 Å². The van der Waals surface area contributed by atoms with Crippen molar-refractivity contribution in [2.45, 2.75) is 13.8 Å². The molecular formula is C10H13NO2S. The molecule has 4 heteroatoms. The lowest BCUT2D eigenvalue weighted by Crippen LogP contribution is -2.14. The lowest BCUT2D eigenvalue weighted by atomic mass is 10.2. The second-order valence-corrected chi connectivity index (χ2v) is 3.93. The summed E-state index contributed by atoms with van der Waals surface area (Å²) in [5.74, 6) is -0.462. The third-order valence-electron chi connectivity index (χ3n) is 1.58. The minimum atomic E-state index is -0.462. The van der Waals surface area contributed by atoms with Gasteiger partial charge in [-0.25, -0.2) is 4.79 Å². The Morgan fingerprint density at radius 1 is 1.71 bits per heavy atom. The van der Waals surface area contributed by atoms with E-state index in [0.29, 0.717) is 6.61 Å². The Kier molecular flexibility index (Phi) is 3.71. The van der Waals surface area contributed by atoms with Gasteiger partial charge in [-0.3, -0.25) is 0 Å². The minimum Gasteiger partial charge on any atom is -0.461 e. The predicted molar refractivity (Wildman–Crippen MR) is 57.9 cm³/mol. The number of hydrogen-bond donors (Lipinski definition) is 1. The third-order valence-corrected chi connectivity index (χ3v) is 2.46. The van der Waals surface area contributed by atoms with E-state index in [1.807, 2.05) is 18.4 Å². The molecule has 76 valence electrons. The summed E-state index contributed by atoms with van der Waals surface area (Å²) in [6.45, 7) is 4.10. The molecule has 0 fully saturated rings. The second kappa shape index (κ2) is 4.81. The zero-order chi connectivity index (χ0) is 10.6. The Bertz CT molecular complexity index is 355. The average Bonchev–Trinajstić information content (AvgIpc) is 2.51. The fourth-order valence-electron chi connectivity index (χ4n) is 0.992. The molecule has 1 aromatic rings. The zero-order valence-corrected chi connectivity index (χ0v) is 9.06. The van der Waals surface area contributed by atoms with Crippen LogP contribution in [0.1, 0.15) is 17.4 Å². The fourth-order valence-corrected chi connectivity index (χ4v) is 1.65. The van der Waals surface area contributed by atoms with E-state index >= 15 is 0 Å². The van der Waals surface area contributed by atoms with Crippen molar-refractivity contribution in [2.24, 2.45) is 5.73 Å². The Balaban J connectivity index is 2.73. The summed E-state index contributed by atoms with van der Waals surface area (Å²) in [5.41, 5.74) is 6.62. The second-order valence-electron chi connectivity index (χ2n) is 2.81. The molecule has 1 rings (SSSR count). The normalized spacial score (nSPS) is 11.4. The number of thiophene rings is 1. The van der Waals surface area contributed by atoms with Crippen molar-refractivity contribution in [1.29, 1.82) is 0 Å². The van der Waals surface area contributed by atoms with E-state index in [1.54, 1.807) is 24.3 Å². The Morgan fingerprint density at radius 2 is 2.43 bits per heavy atom. The number of carbonyl (C=O) groups is 1. The van der Waals surface area contributed by atoms with Crippen LogP contribution in [0.4, 0.5) is 0 Å². The number of ether oxygens (including phenoxy) is 1. The van der Waals surface area contributed by atoms with Crippen LogP contribution in [0.5, 0.6) is 0 Å². The van der Waals surface area contributed by atoms with E-state index in [-0.39, 0.29) is 5.70 Å². The van der Waals surface area contributed by atoms with Crippen molar-refractivity contribution in [3.63, 3.8) is 0 Å². The molecular weight excluding hydrogens is 198 g/mol. The van der Waals surface area contributed by atoms with Gasteiger partial charge in [0.15, 0.2) is 0 Å². The zero-order valence-electron chi connectivity index (χ0n) is 8.24. The highest BCUT2D eigenvalue weighted by atomic mass is 32.1. The fraction of sp³-hybridized carbons (Fsp3) is 0.300. The van der Waals surface area contributed by atoms with E-state index in [1.165, 1.54) is 4.88 Å². The van der Waals surface area contributed by atoms with Gasteiger partial charge in [-0.15, -0.1) is 11.3 Å². The maximum absolute atomic E-state index is 11.1. The van der Waals surface area contributed by atoms with Gasteiger partial charge < -0.3 is 10.5 Å². The van der Waals surface area contributed by atoms with Gasteiger partial charge in [0.2, 0.25) is 0 Å². The molecule has 0 aliphatic carbocycles. The van der Waals surface area contributed by atoms with Crippen molar-refractivity contribution in [2.75, 3.05) is 6.61 Å². The van der Waals surface area contributed by atoms with E-state index < -0.39 is 5.97 Å². The van der Waals surface area contributed by atoms with Crippen LogP contribution < -0.4 is 5.73 Å². The smallest absolute Gasteiger partial charge is 0.354 e. The monoisotopic (exact) mass is 211 g/mol. The summed E-state index contributed by atoms with van der Waals surface area (Å²) in [5, 5.41) is 1.95. The van der Waals surface area contributed by atoms with Crippen LogP contribution in [-0.4, -0.2) is 12.6 Å². The maximum atomic E-state index is 11.1. The molecule has 0 spiro atoms. The summed E-state index contributed by atoms with van der Waals surface area (Å²) in [6.07, 6.45) is 1.63. The lowest BCUT2D eigenvalue weighted by Gasteiger charge is -1.99. The highest BCUT2D eigenvalue weighted by Gasteiger charge is 2.05. The van der Waals surface area contributed by atoms with Crippen molar-refractivity contribution in [3.8, 4) is 0 Å². The van der Waals surface area contributed by atoms with Gasteiger partial charge in [0.05, 0.1) is 6.61 Å². The van der Waals surface area contributed by atoms with E-state index in [9.17, 15) is 4.79 Å². The molecule has 0 radical (unpaired) electrons. The standard InChI is InChI=1S/C10H13NO2S/c1-3-13-10(12)9(11)5-8-4-7(2)14-6-8/h4-6H,3,11H2,1-2H3/b9-5-. The van der Waals surface area contributed by atoms with E-state index in [4.69, 9.17) is 10.5 Å². The molecule has 0 bridgehead atoms. The SMILES string of the molecule is CCOC(=O)/C(N)=C/c1csc(C)c1. The summed E-state index contributed by atoms with van der Waals surface area (Å²) in [7, 11) is 0. The first-order chi connectivity index (χ1) is 6.63. The molecule has 0 saturated heterocycles. The maximum Gasteiger partial charge on any atom is 0.354 e. The largest absolute Gasteiger partial charge is 0.461 e. The van der Waals surface area contributed by atoms with E-state index in [0.717, 1.165) is 5.56 Å². The van der Waals surface area contributed by atoms with Crippen LogP contribution in [0.3, 0.4) is 0 Å². The third kappa shape index (κ3) is 2.88. The molecule has 1 heterocycles. The van der Waals surface area contributed by atoms with Crippen LogP contribution in [0.15, 0.2) is 17.1 Å². The number of hydrogen-bond acceptors (Lipinski definition) is 4. The molecule has 0 atom stereocenters. The molecule has 1 aromatic heterocycles. The van der Waals surface area contributed by atoms with Gasteiger partial charge in [-0.1, -0.05) is 0 Å². The number of aryl methyl sites for hydroxylation is 1. The van der Waals surface area contributed by atoms with Crippen LogP contribution in [-0.2, 0) is 9.53 Å². The molecule has 0 saturated carbocycles. The molecule has 0 aromatic carbocycles. The van der Waals surface area contributed by atoms with Crippen molar-refractivity contribution in [1.82, 2.24) is 0 Å². The van der Waals surface area contributed by atoms with Gasteiger partial charge in [0, 0.05) is 4.88 Å². The van der Waals surface area contributed by atoms with Crippen LogP contribution in [0, 0.1) is 6.92 Å². The number of rotatable bonds is 3. The number of carbonyl (C=O) groups excluding carboxylic acids is 1. The predicted octanol–water partition coefficient (Wildman–Crippen LogP) is 1.92. The molecule has 0 aliphatic heterocycles. The molecule has 0 aliphatic rings. The summed E-state index contributed by atoms with van der Waals surface area (Å²) < 4.78 is 4.75. The topological polar surface area (TPSA) is 52.3 Å². The van der Waals surface area contributed by atoms with Gasteiger partial charge in [-0.2, -0.15) is 0 Å². The summed E-state index contributed by atoms with van der Waals surface area (Å²) in [6, 6.07) is 1.97. The van der Waals surface area contributed by atoms with Crippen molar-refractivity contribution < 1.29 is 9.53 Å². The Morgan fingerprint density at radius 3 is 2.93 bits per heavy atom. The Labute approximate surface area is 87.2 Å². The Hall–Kier alpha value is -1.29. The first-order valence-corrected chi connectivity index (χ1v) is 5.21. The van der Waals surface area contributed by atoms with E-state index in [2.05, 4.69) is 0 Å². The van der Waals surface area contributed by atoms with Crippen molar-refractivity contribution >= 4 is 23.4 Å². The lowest BCUT2D eigenvalue weighted by molar-refractivity contribution is -0.138. The molecule has 3 nitrogen and oxygen atoms in total. The highest BCUT2D eigenvalue weighted by Crippen LogP contribution is 2.15. The molecule has 2 N–H and O–H groups in total. The molecule has 0 amide bonds. The first-order valence-electron chi connectivity index (χ1n) is 4.33. The molecule has 14 heavy (non-hydrogen) atoms.